The fourth-order valence-electron chi connectivity index (χ4n) is 11.4. The molecule has 4 fully saturated rings. The highest BCUT2D eigenvalue weighted by atomic mass is 35.5. The van der Waals surface area contributed by atoms with Crippen LogP contribution in [0, 0.1) is 11.8 Å². The van der Waals surface area contributed by atoms with Gasteiger partial charge >= 0.3 is 11.9 Å². The van der Waals surface area contributed by atoms with Gasteiger partial charge in [0, 0.05) is 63.9 Å². The Kier molecular flexibility index (Phi) is 23.6. The van der Waals surface area contributed by atoms with E-state index in [1.807, 2.05) is 57.2 Å². The molecule has 8 atom stereocenters. The zero-order valence-electron chi connectivity index (χ0n) is 48.0. The molecular weight excluding hydrogens is 1110 g/mol. The number of hydrogen-bond acceptors (Lipinski definition) is 13. The molecule has 0 spiro atoms. The first-order chi connectivity index (χ1) is 37.7. The smallest absolute Gasteiger partial charge is 0.306 e. The number of fused-ring (bicyclic) bond motifs is 2. The van der Waals surface area contributed by atoms with Crippen molar-refractivity contribution in [3.05, 3.63) is 91.9 Å². The van der Waals surface area contributed by atoms with Crippen LogP contribution in [-0.4, -0.2) is 154 Å². The van der Waals surface area contributed by atoms with Gasteiger partial charge < -0.3 is 33.9 Å². The van der Waals surface area contributed by atoms with E-state index in [0.717, 1.165) is 35.7 Å². The fourth-order valence-corrected chi connectivity index (χ4v) is 12.0. The van der Waals surface area contributed by atoms with Crippen molar-refractivity contribution < 1.29 is 52.8 Å². The highest BCUT2D eigenvalue weighted by Gasteiger charge is 2.47. The predicted molar refractivity (Wildman–Crippen MR) is 312 cm³/mol. The van der Waals surface area contributed by atoms with Crippen molar-refractivity contribution in [2.45, 2.75) is 180 Å². The summed E-state index contributed by atoms with van der Waals surface area (Å²) in [4.78, 5) is 88.2. The van der Waals surface area contributed by atoms with Crippen LogP contribution in [0.1, 0.15) is 131 Å². The summed E-state index contributed by atoms with van der Waals surface area (Å²) in [5, 5.41) is 11.7. The number of carbonyl (C=O) groups is 6. The number of aryl methyl sites for hydroxylation is 2. The van der Waals surface area contributed by atoms with E-state index in [0.29, 0.717) is 90.1 Å². The molecule has 2 amide bonds. The summed E-state index contributed by atoms with van der Waals surface area (Å²) in [5.41, 5.74) is 0.493. The normalized spacial score (nSPS) is 22.5. The maximum atomic E-state index is 14.2. The molecule has 440 valence electrons. The van der Waals surface area contributed by atoms with E-state index >= 15 is 0 Å². The Balaban J connectivity index is 0.000000263. The molecule has 0 radical (unpaired) electrons. The lowest BCUT2D eigenvalue weighted by Gasteiger charge is -2.32. The average molecular weight is 1190 g/mol. The molecule has 4 saturated heterocycles. The largest absolute Gasteiger partial charge is 0.497 e. The summed E-state index contributed by atoms with van der Waals surface area (Å²) in [6.45, 7) is 17.8. The molecule has 4 aliphatic heterocycles. The summed E-state index contributed by atoms with van der Waals surface area (Å²) in [6.07, 6.45) is 4.43. The van der Waals surface area contributed by atoms with E-state index < -0.39 is 29.3 Å². The van der Waals surface area contributed by atoms with Crippen LogP contribution in [0.3, 0.4) is 0 Å². The van der Waals surface area contributed by atoms with Gasteiger partial charge in [0.2, 0.25) is 11.8 Å². The number of aliphatic hydroxyl groups excluding tert-OH is 1. The molecule has 0 aromatic heterocycles. The van der Waals surface area contributed by atoms with Crippen LogP contribution >= 0.6 is 46.4 Å². The van der Waals surface area contributed by atoms with Gasteiger partial charge in [-0.3, -0.25) is 38.6 Å². The van der Waals surface area contributed by atoms with Crippen LogP contribution in [0.4, 0.5) is 0 Å². The Morgan fingerprint density at radius 1 is 0.600 bits per heavy atom. The summed E-state index contributed by atoms with van der Waals surface area (Å²) in [5.74, 6) is 1.04. The van der Waals surface area contributed by atoms with Gasteiger partial charge in [0.1, 0.15) is 29.3 Å². The number of methoxy groups -OCH3 is 1. The van der Waals surface area contributed by atoms with E-state index in [4.69, 9.17) is 65.4 Å². The molecule has 7 rings (SSSR count). The molecule has 1 N–H and O–H groups in total. The zero-order chi connectivity index (χ0) is 58.6. The minimum absolute atomic E-state index is 0.00109. The lowest BCUT2D eigenvalue weighted by atomic mass is 9.97. The molecule has 4 aliphatic rings. The molecular formula is C61H82Cl4N4O11. The number of halogens is 4. The average Bonchev–Trinajstić information content (AvgIpc) is 4.02. The van der Waals surface area contributed by atoms with Crippen molar-refractivity contribution in [1.82, 2.24) is 19.6 Å². The van der Waals surface area contributed by atoms with Crippen LogP contribution in [0.5, 0.6) is 11.5 Å². The molecule has 15 nitrogen and oxygen atoms in total. The third-order valence-corrected chi connectivity index (χ3v) is 16.6. The summed E-state index contributed by atoms with van der Waals surface area (Å²) in [7, 11) is 1.62. The first kappa shape index (κ1) is 64.7. The number of amides is 2. The number of carbonyl (C=O) groups excluding carboxylic acids is 6. The minimum atomic E-state index is -0.739. The van der Waals surface area contributed by atoms with Gasteiger partial charge in [-0.25, -0.2) is 0 Å². The maximum Gasteiger partial charge on any atom is 0.306 e. The Bertz CT molecular complexity index is 2630. The number of ketones is 2. The second kappa shape index (κ2) is 29.2. The highest BCUT2D eigenvalue weighted by molar-refractivity contribution is 6.42. The van der Waals surface area contributed by atoms with Gasteiger partial charge in [-0.15, -0.1) is 0 Å². The first-order valence-corrected chi connectivity index (χ1v) is 29.6. The highest BCUT2D eigenvalue weighted by Crippen LogP contribution is 2.35. The summed E-state index contributed by atoms with van der Waals surface area (Å²) >= 11 is 24.4. The van der Waals surface area contributed by atoms with Crippen molar-refractivity contribution in [3.63, 3.8) is 0 Å². The standard InChI is InChI=1S/C34H44Cl2N2O6.C27H38Cl2N2O5/c1-22-18-30-33(41)37(17-16-24(38(30)20-22)21-43-26-10-8-25(42-5)9-11-26)29(13-15-32(40)44-34(2,3)4)31(39)14-7-23-6-12-27(35)28(36)19-23;1-17-13-23-26(35)30(12-11-19(16-32)31(23)15-17)22(8-10-25(34)36-27(2,3)4)24(33)9-6-18-5-7-20(28)21(29)14-18/h6,8-12,19,22,24,29-30H,7,13-18,20-21H2,1-5H3;5,7,14,17,19,22-23,32H,6,8-13,15-16H2,1-4H3/t22-,24?,29-,30+;17-,19?,22-,23+/m11/s1. The van der Waals surface area contributed by atoms with Crippen molar-refractivity contribution in [3.8, 4) is 11.5 Å². The quantitative estimate of drug-likeness (QED) is 0.1000. The lowest BCUT2D eigenvalue weighted by Crippen LogP contribution is -2.51. The Morgan fingerprint density at radius 3 is 1.41 bits per heavy atom. The Labute approximate surface area is 493 Å². The predicted octanol–water partition coefficient (Wildman–Crippen LogP) is 10.7. The van der Waals surface area contributed by atoms with Crippen molar-refractivity contribution in [2.75, 3.05) is 46.5 Å². The number of ether oxygens (including phenoxy) is 4. The fraction of sp³-hybridized carbons (Fsp3) is 0.607. The van der Waals surface area contributed by atoms with Crippen LogP contribution in [0.2, 0.25) is 20.1 Å². The van der Waals surface area contributed by atoms with Crippen molar-refractivity contribution in [2.24, 2.45) is 11.8 Å². The number of benzene rings is 3. The van der Waals surface area contributed by atoms with E-state index in [1.54, 1.807) is 61.9 Å². The van der Waals surface area contributed by atoms with Crippen molar-refractivity contribution >= 4 is 81.7 Å². The van der Waals surface area contributed by atoms with E-state index in [1.165, 1.54) is 0 Å². The Hall–Kier alpha value is -4.48. The number of hydrogen-bond donors (Lipinski definition) is 1. The van der Waals surface area contributed by atoms with E-state index in [2.05, 4.69) is 23.6 Å². The number of Topliss-reactive ketones (excluding diaryl/α,β-unsaturated/α-hetero) is 2. The maximum absolute atomic E-state index is 14.2. The number of rotatable bonds is 21. The van der Waals surface area contributed by atoms with Gasteiger partial charge in [-0.1, -0.05) is 72.4 Å². The molecule has 2 unspecified atom stereocenters. The third-order valence-electron chi connectivity index (χ3n) is 15.2. The number of aliphatic hydroxyl groups is 1. The van der Waals surface area contributed by atoms with E-state index in [-0.39, 0.29) is 98.6 Å². The minimum Gasteiger partial charge on any atom is -0.497 e. The molecule has 0 saturated carbocycles. The van der Waals surface area contributed by atoms with Crippen LogP contribution in [0.25, 0.3) is 0 Å². The first-order valence-electron chi connectivity index (χ1n) is 28.1. The van der Waals surface area contributed by atoms with Gasteiger partial charge in [-0.2, -0.15) is 0 Å². The van der Waals surface area contributed by atoms with Crippen LogP contribution in [0.15, 0.2) is 60.7 Å². The number of nitrogens with zero attached hydrogens (tertiary/aromatic N) is 4. The van der Waals surface area contributed by atoms with E-state index in [9.17, 15) is 33.9 Å². The second-order valence-corrected chi connectivity index (χ2v) is 25.6. The van der Waals surface area contributed by atoms with Gasteiger partial charge in [-0.05, 0) is 164 Å². The SMILES string of the molecule is COc1ccc(OCC2CCN([C@H](CCC(=O)OC(C)(C)C)C(=O)CCc3ccc(Cl)c(Cl)c3)C(=O)[C@@H]3C[C@@H](C)CN23)cc1.C[C@@H]1C[C@H]2C(=O)N([C@H](CCC(=O)OC(C)(C)C)C(=O)CCc3ccc(Cl)c(Cl)c3)CCC(CO)N2C1. The molecule has 3 aromatic carbocycles. The second-order valence-electron chi connectivity index (χ2n) is 23.9. The lowest BCUT2D eigenvalue weighted by molar-refractivity contribution is -0.157. The van der Waals surface area contributed by atoms with Gasteiger partial charge in [0.25, 0.3) is 0 Å². The van der Waals surface area contributed by atoms with Gasteiger partial charge in [0.15, 0.2) is 11.6 Å². The topological polar surface area (TPSA) is 173 Å². The molecule has 4 heterocycles. The number of esters is 2. The summed E-state index contributed by atoms with van der Waals surface area (Å²) in [6, 6.07) is 15.8. The van der Waals surface area contributed by atoms with Crippen LogP contribution in [-0.2, 0) is 51.1 Å². The monoisotopic (exact) mass is 1190 g/mol. The third kappa shape index (κ3) is 18.5. The molecule has 19 heteroatoms. The van der Waals surface area contributed by atoms with Crippen molar-refractivity contribution in [1.29, 1.82) is 0 Å². The molecule has 0 aliphatic carbocycles. The van der Waals surface area contributed by atoms with Gasteiger partial charge in [0.05, 0.1) is 58.0 Å². The Morgan fingerprint density at radius 2 is 1.01 bits per heavy atom. The molecule has 80 heavy (non-hydrogen) atoms. The van der Waals surface area contributed by atoms with Crippen LogP contribution < -0.4 is 9.47 Å². The summed E-state index contributed by atoms with van der Waals surface area (Å²) < 4.78 is 22.4. The zero-order valence-corrected chi connectivity index (χ0v) is 51.0. The molecule has 3 aromatic rings. The molecule has 0 bridgehead atoms.